The van der Waals surface area contributed by atoms with E-state index in [-0.39, 0.29) is 24.2 Å². The van der Waals surface area contributed by atoms with Gasteiger partial charge in [0.05, 0.1) is 12.1 Å². The molecule has 1 aromatic rings. The van der Waals surface area contributed by atoms with Gasteiger partial charge in [0.1, 0.15) is 5.69 Å². The van der Waals surface area contributed by atoms with Gasteiger partial charge in [-0.05, 0) is 13.8 Å². The summed E-state index contributed by atoms with van der Waals surface area (Å²) in [6, 6.07) is 0.00722. The predicted octanol–water partition coefficient (Wildman–Crippen LogP) is -0.573. The standard InChI is InChI=1S/C9H11N3O3/c1-4(2)12-3-5-6(8(12)14)10-9(15)11-7(5)13/h4H,3H2,1-2H3,(H2,10,11,13,15). The van der Waals surface area contributed by atoms with E-state index in [0.29, 0.717) is 5.56 Å². The Morgan fingerprint density at radius 2 is 1.87 bits per heavy atom. The second-order valence-corrected chi connectivity index (χ2v) is 3.79. The second kappa shape index (κ2) is 3.08. The van der Waals surface area contributed by atoms with E-state index in [1.165, 1.54) is 4.90 Å². The van der Waals surface area contributed by atoms with Crippen molar-refractivity contribution in [3.05, 3.63) is 32.1 Å². The molecule has 0 atom stereocenters. The van der Waals surface area contributed by atoms with E-state index in [9.17, 15) is 14.4 Å². The van der Waals surface area contributed by atoms with Crippen molar-refractivity contribution in [2.75, 3.05) is 0 Å². The molecule has 15 heavy (non-hydrogen) atoms. The lowest BCUT2D eigenvalue weighted by Crippen LogP contribution is -2.31. The minimum Gasteiger partial charge on any atom is -0.330 e. The second-order valence-electron chi connectivity index (χ2n) is 3.79. The van der Waals surface area contributed by atoms with Crippen LogP contribution in [0, 0.1) is 0 Å². The van der Waals surface area contributed by atoms with Crippen LogP contribution in [0.3, 0.4) is 0 Å². The fraction of sp³-hybridized carbons (Fsp3) is 0.444. The number of carbonyl (C=O) groups excluding carboxylic acids is 1. The first-order valence-electron chi connectivity index (χ1n) is 4.67. The number of aromatic amines is 2. The molecule has 1 aliphatic heterocycles. The molecule has 2 rings (SSSR count). The molecule has 0 bridgehead atoms. The third-order valence-electron chi connectivity index (χ3n) is 2.47. The number of amides is 1. The number of fused-ring (bicyclic) bond motifs is 1. The first-order chi connectivity index (χ1) is 7.00. The van der Waals surface area contributed by atoms with Gasteiger partial charge in [-0.3, -0.25) is 14.6 Å². The monoisotopic (exact) mass is 209 g/mol. The van der Waals surface area contributed by atoms with Gasteiger partial charge in [0.2, 0.25) is 0 Å². The minimum atomic E-state index is -0.641. The third-order valence-corrected chi connectivity index (χ3v) is 2.47. The molecule has 6 heteroatoms. The first kappa shape index (κ1) is 9.70. The van der Waals surface area contributed by atoms with Gasteiger partial charge in [0, 0.05) is 6.04 Å². The molecule has 80 valence electrons. The highest BCUT2D eigenvalue weighted by atomic mass is 16.2. The summed E-state index contributed by atoms with van der Waals surface area (Å²) in [5.74, 6) is -0.289. The van der Waals surface area contributed by atoms with Crippen LogP contribution in [0.4, 0.5) is 0 Å². The van der Waals surface area contributed by atoms with Crippen molar-refractivity contribution in [3.8, 4) is 0 Å². The summed E-state index contributed by atoms with van der Waals surface area (Å²) in [6.45, 7) is 3.98. The summed E-state index contributed by atoms with van der Waals surface area (Å²) >= 11 is 0. The molecule has 0 saturated carbocycles. The highest BCUT2D eigenvalue weighted by Crippen LogP contribution is 2.18. The number of H-pyrrole nitrogens is 2. The van der Waals surface area contributed by atoms with Crippen molar-refractivity contribution in [3.63, 3.8) is 0 Å². The zero-order valence-electron chi connectivity index (χ0n) is 8.46. The summed E-state index contributed by atoms with van der Waals surface area (Å²) < 4.78 is 0. The highest BCUT2D eigenvalue weighted by molar-refractivity contribution is 5.96. The molecular weight excluding hydrogens is 198 g/mol. The number of rotatable bonds is 1. The topological polar surface area (TPSA) is 86.0 Å². The van der Waals surface area contributed by atoms with Crippen LogP contribution in [0.15, 0.2) is 9.59 Å². The molecule has 0 aromatic carbocycles. The Labute approximate surface area is 84.9 Å². The molecule has 0 aliphatic carbocycles. The lowest BCUT2D eigenvalue weighted by Gasteiger charge is -2.19. The lowest BCUT2D eigenvalue weighted by atomic mass is 10.3. The van der Waals surface area contributed by atoms with E-state index in [2.05, 4.69) is 9.97 Å². The molecule has 1 aliphatic rings. The van der Waals surface area contributed by atoms with Crippen molar-refractivity contribution in [2.45, 2.75) is 26.4 Å². The fourth-order valence-corrected chi connectivity index (χ4v) is 1.65. The van der Waals surface area contributed by atoms with Crippen LogP contribution in [0.5, 0.6) is 0 Å². The van der Waals surface area contributed by atoms with Crippen LogP contribution in [0.1, 0.15) is 29.9 Å². The maximum Gasteiger partial charge on any atom is 0.326 e. The average Bonchev–Trinajstić information content (AvgIpc) is 2.44. The Bertz CT molecular complexity index is 526. The van der Waals surface area contributed by atoms with Gasteiger partial charge in [-0.25, -0.2) is 4.79 Å². The van der Waals surface area contributed by atoms with Crippen molar-refractivity contribution in [2.24, 2.45) is 0 Å². The Hall–Kier alpha value is -1.85. The summed E-state index contributed by atoms with van der Waals surface area (Å²) in [5.41, 5.74) is -0.659. The number of aromatic nitrogens is 2. The van der Waals surface area contributed by atoms with E-state index in [4.69, 9.17) is 0 Å². The van der Waals surface area contributed by atoms with E-state index < -0.39 is 11.2 Å². The summed E-state index contributed by atoms with van der Waals surface area (Å²) in [6.07, 6.45) is 0. The highest BCUT2D eigenvalue weighted by Gasteiger charge is 2.32. The van der Waals surface area contributed by atoms with Gasteiger partial charge >= 0.3 is 5.69 Å². The van der Waals surface area contributed by atoms with Gasteiger partial charge in [0.25, 0.3) is 11.5 Å². The maximum absolute atomic E-state index is 11.7. The fourth-order valence-electron chi connectivity index (χ4n) is 1.65. The van der Waals surface area contributed by atoms with E-state index in [1.54, 1.807) is 0 Å². The molecule has 0 fully saturated rings. The Morgan fingerprint density at radius 1 is 1.20 bits per heavy atom. The van der Waals surface area contributed by atoms with Crippen LogP contribution in [-0.2, 0) is 6.54 Å². The molecule has 2 heterocycles. The normalized spacial score (nSPS) is 14.9. The van der Waals surface area contributed by atoms with Crippen molar-refractivity contribution in [1.29, 1.82) is 0 Å². The maximum atomic E-state index is 11.7. The van der Waals surface area contributed by atoms with Crippen molar-refractivity contribution < 1.29 is 4.79 Å². The summed E-state index contributed by atoms with van der Waals surface area (Å²) in [5, 5.41) is 0. The molecule has 0 saturated heterocycles. The Kier molecular flexibility index (Phi) is 1.99. The molecule has 0 spiro atoms. The lowest BCUT2D eigenvalue weighted by molar-refractivity contribution is 0.0726. The van der Waals surface area contributed by atoms with E-state index in [1.807, 2.05) is 13.8 Å². The SMILES string of the molecule is CC(C)N1Cc2c([nH]c(=O)[nH]c2=O)C1=O. The van der Waals surface area contributed by atoms with Crippen LogP contribution >= 0.6 is 0 Å². The third kappa shape index (κ3) is 1.38. The van der Waals surface area contributed by atoms with Gasteiger partial charge in [-0.15, -0.1) is 0 Å². The molecular formula is C9H11N3O3. The van der Waals surface area contributed by atoms with Crippen molar-refractivity contribution in [1.82, 2.24) is 14.9 Å². The number of hydrogen-bond acceptors (Lipinski definition) is 3. The molecule has 1 amide bonds. The minimum absolute atomic E-state index is 0.00722. The number of carbonyl (C=O) groups is 1. The summed E-state index contributed by atoms with van der Waals surface area (Å²) in [7, 11) is 0. The first-order valence-corrected chi connectivity index (χ1v) is 4.67. The van der Waals surface area contributed by atoms with Gasteiger partial charge < -0.3 is 9.88 Å². The molecule has 2 N–H and O–H groups in total. The predicted molar refractivity (Wildman–Crippen MR) is 52.7 cm³/mol. The van der Waals surface area contributed by atoms with Crippen LogP contribution < -0.4 is 11.2 Å². The van der Waals surface area contributed by atoms with Crippen LogP contribution in [-0.4, -0.2) is 26.8 Å². The molecule has 6 nitrogen and oxygen atoms in total. The van der Waals surface area contributed by atoms with Gasteiger partial charge in [0.15, 0.2) is 0 Å². The largest absolute Gasteiger partial charge is 0.330 e. The quantitative estimate of drug-likeness (QED) is 0.649. The number of nitrogens with zero attached hydrogens (tertiary/aromatic N) is 1. The molecule has 1 aromatic heterocycles. The van der Waals surface area contributed by atoms with Crippen molar-refractivity contribution >= 4 is 5.91 Å². The average molecular weight is 209 g/mol. The van der Waals surface area contributed by atoms with Crippen LogP contribution in [0.2, 0.25) is 0 Å². The van der Waals surface area contributed by atoms with Crippen LogP contribution in [0.25, 0.3) is 0 Å². The number of hydrogen-bond donors (Lipinski definition) is 2. The molecule has 0 radical (unpaired) electrons. The van der Waals surface area contributed by atoms with E-state index in [0.717, 1.165) is 0 Å². The van der Waals surface area contributed by atoms with Gasteiger partial charge in [-0.1, -0.05) is 0 Å². The Morgan fingerprint density at radius 3 is 2.47 bits per heavy atom. The van der Waals surface area contributed by atoms with Gasteiger partial charge in [-0.2, -0.15) is 0 Å². The summed E-state index contributed by atoms with van der Waals surface area (Å²) in [4.78, 5) is 40.1. The number of nitrogens with one attached hydrogen (secondary N) is 2. The molecule has 0 unspecified atom stereocenters. The zero-order chi connectivity index (χ0) is 11.2. The van der Waals surface area contributed by atoms with E-state index >= 15 is 0 Å². The zero-order valence-corrected chi connectivity index (χ0v) is 8.46. The smallest absolute Gasteiger partial charge is 0.326 e. The Balaban J connectivity index is 2.60.